The average Bonchev–Trinajstić information content (AvgIpc) is 3.40. The van der Waals surface area contributed by atoms with Gasteiger partial charge in [-0.3, -0.25) is 14.5 Å². The highest BCUT2D eigenvalue weighted by Crippen LogP contribution is 2.38. The molecule has 0 spiro atoms. The lowest BCUT2D eigenvalue weighted by Gasteiger charge is -2.45. The molecular formula is C27H33N3O2S. The molecule has 3 heterocycles. The Morgan fingerprint density at radius 2 is 1.94 bits per heavy atom. The smallest absolute Gasteiger partial charge is 0.275 e. The molecule has 0 radical (unpaired) electrons. The summed E-state index contributed by atoms with van der Waals surface area (Å²) >= 11 is 1.63. The molecule has 0 unspecified atom stereocenters. The Morgan fingerprint density at radius 1 is 1.18 bits per heavy atom. The van der Waals surface area contributed by atoms with Gasteiger partial charge in [-0.1, -0.05) is 45.7 Å². The van der Waals surface area contributed by atoms with Gasteiger partial charge in [0.1, 0.15) is 11.2 Å². The Labute approximate surface area is 199 Å². The Morgan fingerprint density at radius 3 is 2.67 bits per heavy atom. The van der Waals surface area contributed by atoms with Gasteiger partial charge in [0.2, 0.25) is 5.91 Å². The van der Waals surface area contributed by atoms with Crippen molar-refractivity contribution in [3.63, 3.8) is 0 Å². The first kappa shape index (κ1) is 22.2. The first-order valence-electron chi connectivity index (χ1n) is 12.1. The zero-order valence-corrected chi connectivity index (χ0v) is 20.7. The van der Waals surface area contributed by atoms with Crippen molar-refractivity contribution in [2.75, 3.05) is 4.90 Å². The first-order valence-corrected chi connectivity index (χ1v) is 13.0. The summed E-state index contributed by atoms with van der Waals surface area (Å²) in [6, 6.07) is 12.2. The normalized spacial score (nSPS) is 27.6. The second kappa shape index (κ2) is 8.32. The Hall–Kier alpha value is -2.60. The summed E-state index contributed by atoms with van der Waals surface area (Å²) in [6.45, 7) is 8.99. The summed E-state index contributed by atoms with van der Waals surface area (Å²) < 4.78 is 3.12. The third kappa shape index (κ3) is 3.59. The van der Waals surface area contributed by atoms with Crippen LogP contribution in [-0.4, -0.2) is 28.0 Å². The lowest BCUT2D eigenvalue weighted by atomic mass is 9.77. The number of fused-ring (bicyclic) bond motifs is 3. The Balaban J connectivity index is 1.57. The number of aryl methyl sites for hydroxylation is 1. The number of nitrogens with one attached hydrogen (secondary N) is 1. The third-order valence-corrected chi connectivity index (χ3v) is 8.87. The molecule has 1 saturated carbocycles. The molecule has 4 atom stereocenters. The van der Waals surface area contributed by atoms with Crippen LogP contribution in [0.3, 0.4) is 0 Å². The fraction of sp³-hybridized carbons (Fsp3) is 0.481. The Kier molecular flexibility index (Phi) is 5.60. The van der Waals surface area contributed by atoms with Crippen molar-refractivity contribution in [2.24, 2.45) is 11.8 Å². The minimum absolute atomic E-state index is 0.0657. The first-order chi connectivity index (χ1) is 15.8. The topological polar surface area (TPSA) is 54.3 Å². The van der Waals surface area contributed by atoms with Crippen molar-refractivity contribution in [1.82, 2.24) is 9.88 Å². The van der Waals surface area contributed by atoms with Gasteiger partial charge >= 0.3 is 0 Å². The van der Waals surface area contributed by atoms with E-state index in [4.69, 9.17) is 0 Å². The molecule has 0 bridgehead atoms. The van der Waals surface area contributed by atoms with Crippen LogP contribution >= 0.6 is 11.3 Å². The molecule has 1 fully saturated rings. The lowest BCUT2D eigenvalue weighted by molar-refractivity contribution is -0.128. The van der Waals surface area contributed by atoms with E-state index in [1.807, 2.05) is 41.1 Å². The van der Waals surface area contributed by atoms with Crippen molar-refractivity contribution in [1.29, 1.82) is 0 Å². The van der Waals surface area contributed by atoms with Crippen molar-refractivity contribution in [3.8, 4) is 0 Å². The molecule has 6 heteroatoms. The number of rotatable bonds is 4. The van der Waals surface area contributed by atoms with Crippen molar-refractivity contribution >= 4 is 39.1 Å². The molecule has 1 aliphatic heterocycles. The molecule has 1 aromatic carbocycles. The molecule has 174 valence electrons. The maximum absolute atomic E-state index is 14.0. The number of amides is 2. The van der Waals surface area contributed by atoms with Gasteiger partial charge in [-0.25, -0.2) is 0 Å². The van der Waals surface area contributed by atoms with Crippen LogP contribution in [0.25, 0.3) is 10.2 Å². The SMILES string of the molecule is CCc1ccc(N2C(=O)c3cc4sccc4n3C[C@]2(C)C(=O)N[C@@H]2CCC[C@@H](C)[C@H]2C)cc1. The monoisotopic (exact) mass is 463 g/mol. The van der Waals surface area contributed by atoms with Gasteiger partial charge in [-0.05, 0) is 66.8 Å². The van der Waals surface area contributed by atoms with E-state index in [-0.39, 0.29) is 17.9 Å². The Bertz CT molecular complexity index is 1190. The van der Waals surface area contributed by atoms with Crippen LogP contribution in [0.5, 0.6) is 0 Å². The number of nitrogens with zero attached hydrogens (tertiary/aromatic N) is 2. The second-order valence-electron chi connectivity index (χ2n) is 10.1. The maximum Gasteiger partial charge on any atom is 0.275 e. The number of benzene rings is 1. The van der Waals surface area contributed by atoms with E-state index in [9.17, 15) is 9.59 Å². The highest BCUT2D eigenvalue weighted by molar-refractivity contribution is 7.17. The number of hydrogen-bond acceptors (Lipinski definition) is 3. The summed E-state index contributed by atoms with van der Waals surface area (Å²) in [6.07, 6.45) is 4.27. The fourth-order valence-corrected chi connectivity index (χ4v) is 6.43. The highest BCUT2D eigenvalue weighted by Gasteiger charge is 2.49. The molecule has 5 nitrogen and oxygen atoms in total. The van der Waals surface area contributed by atoms with Crippen LogP contribution in [0.4, 0.5) is 5.69 Å². The van der Waals surface area contributed by atoms with Crippen molar-refractivity contribution in [3.05, 3.63) is 53.0 Å². The summed E-state index contributed by atoms with van der Waals surface area (Å²) in [5.41, 5.74) is 2.65. The second-order valence-corrected chi connectivity index (χ2v) is 11.0. The number of carbonyl (C=O) groups is 2. The zero-order valence-electron chi connectivity index (χ0n) is 19.9. The van der Waals surface area contributed by atoms with Crippen LogP contribution in [0.1, 0.15) is 63.0 Å². The third-order valence-electron chi connectivity index (χ3n) is 8.02. The number of anilines is 1. The molecule has 1 aliphatic carbocycles. The summed E-state index contributed by atoms with van der Waals surface area (Å²) in [7, 11) is 0. The van der Waals surface area contributed by atoms with Gasteiger partial charge in [-0.15, -0.1) is 11.3 Å². The summed E-state index contributed by atoms with van der Waals surface area (Å²) in [5.74, 6) is 0.832. The van der Waals surface area contributed by atoms with E-state index in [1.54, 1.807) is 16.2 Å². The zero-order chi connectivity index (χ0) is 23.3. The lowest BCUT2D eigenvalue weighted by Crippen LogP contribution is -2.66. The van der Waals surface area contributed by atoms with E-state index in [0.29, 0.717) is 24.1 Å². The molecule has 0 saturated heterocycles. The van der Waals surface area contributed by atoms with Gasteiger partial charge in [0.05, 0.1) is 16.8 Å². The van der Waals surface area contributed by atoms with Crippen LogP contribution in [0, 0.1) is 11.8 Å². The van der Waals surface area contributed by atoms with E-state index < -0.39 is 5.54 Å². The molecular weight excluding hydrogens is 430 g/mol. The molecule has 2 amide bonds. The summed E-state index contributed by atoms with van der Waals surface area (Å²) in [5, 5.41) is 5.42. The average molecular weight is 464 g/mol. The summed E-state index contributed by atoms with van der Waals surface area (Å²) in [4.78, 5) is 29.6. The van der Waals surface area contributed by atoms with E-state index in [0.717, 1.165) is 35.2 Å². The molecule has 33 heavy (non-hydrogen) atoms. The minimum atomic E-state index is -1.02. The van der Waals surface area contributed by atoms with Gasteiger partial charge in [0, 0.05) is 11.7 Å². The molecule has 2 aliphatic rings. The molecule has 2 aromatic heterocycles. The number of hydrogen-bond donors (Lipinski definition) is 1. The van der Waals surface area contributed by atoms with Gasteiger partial charge < -0.3 is 9.88 Å². The quantitative estimate of drug-likeness (QED) is 0.546. The maximum atomic E-state index is 14.0. The van der Waals surface area contributed by atoms with Crippen LogP contribution in [0.15, 0.2) is 41.8 Å². The van der Waals surface area contributed by atoms with E-state index in [2.05, 4.69) is 38.2 Å². The van der Waals surface area contributed by atoms with Crippen LogP contribution in [0.2, 0.25) is 0 Å². The fourth-order valence-electron chi connectivity index (χ4n) is 5.61. The predicted octanol–water partition coefficient (Wildman–Crippen LogP) is 5.63. The number of aromatic nitrogens is 1. The van der Waals surface area contributed by atoms with Crippen LogP contribution in [-0.2, 0) is 17.8 Å². The molecule has 5 rings (SSSR count). The largest absolute Gasteiger partial charge is 0.351 e. The molecule has 1 N–H and O–H groups in total. The highest BCUT2D eigenvalue weighted by atomic mass is 32.1. The van der Waals surface area contributed by atoms with Crippen LogP contribution < -0.4 is 10.2 Å². The minimum Gasteiger partial charge on any atom is -0.351 e. The van der Waals surface area contributed by atoms with E-state index in [1.165, 1.54) is 12.0 Å². The molecule has 3 aromatic rings. The predicted molar refractivity (Wildman–Crippen MR) is 135 cm³/mol. The van der Waals surface area contributed by atoms with Gasteiger partial charge in [-0.2, -0.15) is 0 Å². The number of carbonyl (C=O) groups excluding carboxylic acids is 2. The van der Waals surface area contributed by atoms with Gasteiger partial charge in [0.15, 0.2) is 0 Å². The standard InChI is InChI=1S/C27H33N3O2S/c1-5-19-9-11-20(12-10-19)30-25(31)23-15-24-22(13-14-33-24)29(23)16-27(30,4)26(32)28-21-8-6-7-17(2)18(21)3/h9-15,17-18,21H,5-8,16H2,1-4H3,(H,28,32)/t17-,18-,21-,27-/m1/s1. The van der Waals surface area contributed by atoms with Gasteiger partial charge in [0.25, 0.3) is 5.91 Å². The van der Waals surface area contributed by atoms with Crippen molar-refractivity contribution < 1.29 is 9.59 Å². The number of thiophene rings is 1. The van der Waals surface area contributed by atoms with E-state index >= 15 is 0 Å². The van der Waals surface area contributed by atoms with Crippen molar-refractivity contribution in [2.45, 2.75) is 71.5 Å².